The Balaban J connectivity index is 1.81. The maximum Gasteiger partial charge on any atom is 0.407 e. The van der Waals surface area contributed by atoms with Crippen LogP contribution in [0.15, 0.2) is 24.3 Å². The molecule has 2 heterocycles. The average molecular weight is 446 g/mol. The highest BCUT2D eigenvalue weighted by molar-refractivity contribution is 7.88. The molecule has 12 heteroatoms. The second kappa shape index (κ2) is 10.0. The van der Waals surface area contributed by atoms with Crippen molar-refractivity contribution in [1.82, 2.24) is 19.6 Å². The maximum absolute atomic E-state index is 13.1. The van der Waals surface area contributed by atoms with Gasteiger partial charge in [-0.05, 0) is 20.8 Å². The van der Waals surface area contributed by atoms with Crippen LogP contribution < -0.4 is 15.0 Å². The van der Waals surface area contributed by atoms with Crippen LogP contribution in [0.25, 0.3) is 0 Å². The van der Waals surface area contributed by atoms with Crippen molar-refractivity contribution >= 4 is 22.1 Å². The van der Waals surface area contributed by atoms with Gasteiger partial charge in [-0.25, -0.2) is 27.6 Å². The number of aromatic nitrogens is 2. The van der Waals surface area contributed by atoms with Gasteiger partial charge >= 0.3 is 6.09 Å². The minimum Gasteiger partial charge on any atom is -0.486 e. The standard InChI is InChI=1S/C18H28FN5O5S/c1-18(2,3)29-17(25)22-10-14(9-19)13-28-15-11-20-16(21-12-15)23-5-7-24(8-6-23)30(4,26)27/h9,11-12H,5-8,10,13H2,1-4H3,(H,22,25)/b14-9-. The first-order valence-corrected chi connectivity index (χ1v) is 11.2. The molecule has 1 fully saturated rings. The summed E-state index contributed by atoms with van der Waals surface area (Å²) in [6, 6.07) is 0. The Labute approximate surface area is 176 Å². The van der Waals surface area contributed by atoms with Gasteiger partial charge in [0.25, 0.3) is 0 Å². The Kier molecular flexibility index (Phi) is 7.96. The number of anilines is 1. The third-order valence-corrected chi connectivity index (χ3v) is 5.35. The fourth-order valence-corrected chi connectivity index (χ4v) is 3.39. The van der Waals surface area contributed by atoms with Gasteiger partial charge in [-0.15, -0.1) is 0 Å². The molecule has 1 aliphatic heterocycles. The van der Waals surface area contributed by atoms with E-state index >= 15 is 0 Å². The normalized spacial score (nSPS) is 16.3. The first-order chi connectivity index (χ1) is 14.0. The van der Waals surface area contributed by atoms with Crippen LogP contribution in [-0.2, 0) is 14.8 Å². The highest BCUT2D eigenvalue weighted by atomic mass is 32.2. The number of hydrogen-bond donors (Lipinski definition) is 1. The molecule has 2 rings (SSSR count). The van der Waals surface area contributed by atoms with E-state index in [9.17, 15) is 17.6 Å². The van der Waals surface area contributed by atoms with Crippen LogP contribution in [-0.4, -0.2) is 80.0 Å². The van der Waals surface area contributed by atoms with Crippen molar-refractivity contribution in [3.63, 3.8) is 0 Å². The topological polar surface area (TPSA) is 114 Å². The van der Waals surface area contributed by atoms with Crippen molar-refractivity contribution in [1.29, 1.82) is 0 Å². The van der Waals surface area contributed by atoms with Crippen LogP contribution in [0.1, 0.15) is 20.8 Å². The highest BCUT2D eigenvalue weighted by Crippen LogP contribution is 2.16. The summed E-state index contributed by atoms with van der Waals surface area (Å²) in [5.41, 5.74) is -0.432. The Morgan fingerprint density at radius 3 is 2.33 bits per heavy atom. The van der Waals surface area contributed by atoms with Crippen LogP contribution >= 0.6 is 0 Å². The molecule has 0 aliphatic carbocycles. The molecule has 1 N–H and O–H groups in total. The number of halogens is 1. The van der Waals surface area contributed by atoms with Gasteiger partial charge in [-0.2, -0.15) is 4.31 Å². The molecule has 1 saturated heterocycles. The predicted octanol–water partition coefficient (Wildman–Crippen LogP) is 1.32. The number of sulfonamides is 1. The summed E-state index contributed by atoms with van der Waals surface area (Å²) >= 11 is 0. The number of nitrogens with one attached hydrogen (secondary N) is 1. The molecular weight excluding hydrogens is 417 g/mol. The molecule has 0 unspecified atom stereocenters. The van der Waals surface area contributed by atoms with E-state index in [4.69, 9.17) is 9.47 Å². The van der Waals surface area contributed by atoms with Gasteiger partial charge in [0.1, 0.15) is 12.2 Å². The number of piperazine rings is 1. The molecule has 0 atom stereocenters. The smallest absolute Gasteiger partial charge is 0.407 e. The lowest BCUT2D eigenvalue weighted by molar-refractivity contribution is 0.0531. The number of carbonyl (C=O) groups is 1. The molecule has 168 valence electrons. The first kappa shape index (κ1) is 23.8. The van der Waals surface area contributed by atoms with E-state index in [-0.39, 0.29) is 18.7 Å². The molecule has 0 saturated carbocycles. The largest absolute Gasteiger partial charge is 0.486 e. The first-order valence-electron chi connectivity index (χ1n) is 9.38. The fourth-order valence-electron chi connectivity index (χ4n) is 2.56. The van der Waals surface area contributed by atoms with Gasteiger partial charge in [0.2, 0.25) is 16.0 Å². The second-order valence-corrected chi connectivity index (χ2v) is 9.76. The quantitative estimate of drug-likeness (QED) is 0.668. The zero-order valence-electron chi connectivity index (χ0n) is 17.6. The molecule has 1 aliphatic rings. The van der Waals surface area contributed by atoms with Crippen molar-refractivity contribution in [2.24, 2.45) is 0 Å². The van der Waals surface area contributed by atoms with Gasteiger partial charge in [0.05, 0.1) is 25.0 Å². The van der Waals surface area contributed by atoms with Gasteiger partial charge in [-0.1, -0.05) is 0 Å². The molecule has 0 aromatic carbocycles. The van der Waals surface area contributed by atoms with Crippen molar-refractivity contribution < 1.29 is 27.1 Å². The van der Waals surface area contributed by atoms with E-state index in [0.717, 1.165) is 0 Å². The average Bonchev–Trinajstić information content (AvgIpc) is 2.66. The Hall–Kier alpha value is -2.47. The van der Waals surface area contributed by atoms with Gasteiger partial charge in [-0.3, -0.25) is 0 Å². The summed E-state index contributed by atoms with van der Waals surface area (Å²) in [6.45, 7) is 6.75. The van der Waals surface area contributed by atoms with Gasteiger partial charge in [0.15, 0.2) is 5.75 Å². The lowest BCUT2D eigenvalue weighted by atomic mass is 10.2. The summed E-state index contributed by atoms with van der Waals surface area (Å²) in [6.07, 6.45) is 3.83. The summed E-state index contributed by atoms with van der Waals surface area (Å²) in [4.78, 5) is 22.0. The number of hydrogen-bond acceptors (Lipinski definition) is 8. The van der Waals surface area contributed by atoms with E-state index in [1.807, 2.05) is 4.90 Å². The number of nitrogens with zero attached hydrogens (tertiary/aromatic N) is 4. The molecule has 1 amide bonds. The molecular formula is C18H28FN5O5S. The Morgan fingerprint density at radius 2 is 1.83 bits per heavy atom. The minimum absolute atomic E-state index is 0.0605. The van der Waals surface area contributed by atoms with Crippen LogP contribution in [0, 0.1) is 0 Å². The predicted molar refractivity (Wildman–Crippen MR) is 110 cm³/mol. The lowest BCUT2D eigenvalue weighted by Crippen LogP contribution is -2.48. The molecule has 0 radical (unpaired) electrons. The number of ether oxygens (including phenoxy) is 2. The van der Waals surface area contributed by atoms with E-state index in [1.165, 1.54) is 23.0 Å². The van der Waals surface area contributed by atoms with E-state index < -0.39 is 21.7 Å². The number of rotatable bonds is 7. The van der Waals surface area contributed by atoms with E-state index in [1.54, 1.807) is 20.8 Å². The number of amides is 1. The van der Waals surface area contributed by atoms with Crippen molar-refractivity contribution in [2.75, 3.05) is 50.5 Å². The molecule has 30 heavy (non-hydrogen) atoms. The molecule has 0 bridgehead atoms. The molecule has 0 spiro atoms. The SMILES string of the molecule is CC(C)(C)OC(=O)NC/C(=C/F)COc1cnc(N2CCN(S(C)(=O)=O)CC2)nc1. The third kappa shape index (κ3) is 7.75. The van der Waals surface area contributed by atoms with Crippen LogP contribution in [0.5, 0.6) is 5.75 Å². The summed E-state index contributed by atoms with van der Waals surface area (Å²) in [5, 5.41) is 2.46. The maximum atomic E-state index is 13.1. The summed E-state index contributed by atoms with van der Waals surface area (Å²) in [7, 11) is -3.20. The van der Waals surface area contributed by atoms with Crippen molar-refractivity contribution in [2.45, 2.75) is 26.4 Å². The fraction of sp³-hybridized carbons (Fsp3) is 0.611. The van der Waals surface area contributed by atoms with Crippen LogP contribution in [0.4, 0.5) is 15.1 Å². The van der Waals surface area contributed by atoms with Crippen molar-refractivity contribution in [3.8, 4) is 5.75 Å². The van der Waals surface area contributed by atoms with Crippen LogP contribution in [0.3, 0.4) is 0 Å². The summed E-state index contributed by atoms with van der Waals surface area (Å²) in [5.74, 6) is 0.800. The van der Waals surface area contributed by atoms with Crippen molar-refractivity contribution in [3.05, 3.63) is 24.3 Å². The molecule has 1 aromatic rings. The Bertz CT molecular complexity index is 847. The van der Waals surface area contributed by atoms with E-state index in [0.29, 0.717) is 44.2 Å². The van der Waals surface area contributed by atoms with Gasteiger partial charge in [0, 0.05) is 38.3 Å². The second-order valence-electron chi connectivity index (χ2n) is 7.78. The zero-order valence-corrected chi connectivity index (χ0v) is 18.4. The summed E-state index contributed by atoms with van der Waals surface area (Å²) < 4.78 is 48.2. The number of carbonyl (C=O) groups excluding carboxylic acids is 1. The Morgan fingerprint density at radius 1 is 1.23 bits per heavy atom. The van der Waals surface area contributed by atoms with E-state index in [2.05, 4.69) is 15.3 Å². The molecule has 10 nitrogen and oxygen atoms in total. The zero-order chi connectivity index (χ0) is 22.4. The monoisotopic (exact) mass is 445 g/mol. The highest BCUT2D eigenvalue weighted by Gasteiger charge is 2.24. The molecule has 1 aromatic heterocycles. The lowest BCUT2D eigenvalue weighted by Gasteiger charge is -2.33. The third-order valence-electron chi connectivity index (χ3n) is 4.04. The van der Waals surface area contributed by atoms with Gasteiger partial charge < -0.3 is 19.7 Å². The number of alkyl carbamates (subject to hydrolysis) is 1. The van der Waals surface area contributed by atoms with Crippen LogP contribution in [0.2, 0.25) is 0 Å². The minimum atomic E-state index is -3.20.